The van der Waals surface area contributed by atoms with Crippen LogP contribution >= 0.6 is 0 Å². The number of hydrogen-bond acceptors (Lipinski definition) is 3. The maximum atomic E-state index is 10.8. The van der Waals surface area contributed by atoms with E-state index in [4.69, 9.17) is 10.2 Å². The molecule has 66 valence electrons. The van der Waals surface area contributed by atoms with Crippen LogP contribution in [0.15, 0.2) is 12.2 Å². The van der Waals surface area contributed by atoms with Crippen molar-refractivity contribution in [1.82, 2.24) is 0 Å². The predicted molar refractivity (Wildman–Crippen MR) is 45.3 cm³/mol. The van der Waals surface area contributed by atoms with Crippen LogP contribution in [0.5, 0.6) is 0 Å². The van der Waals surface area contributed by atoms with E-state index in [9.17, 15) is 4.79 Å². The second kappa shape index (κ2) is 6.59. The van der Waals surface area contributed by atoms with Crippen LogP contribution in [-0.4, -0.2) is 28.7 Å². The van der Waals surface area contributed by atoms with Gasteiger partial charge in [0.2, 0.25) is 5.78 Å². The standard InChI is InChI=1S/C9H12O3/c1-2-3-4-5-8(11)6-9(12)7-10/h2-3,9-10,12H,6-7H2,1H3/b3-2-. The molecule has 0 aromatic carbocycles. The molecule has 0 amide bonds. The van der Waals surface area contributed by atoms with Gasteiger partial charge in [0.05, 0.1) is 12.7 Å². The van der Waals surface area contributed by atoms with E-state index in [-0.39, 0.29) is 12.2 Å². The lowest BCUT2D eigenvalue weighted by molar-refractivity contribution is -0.116. The highest BCUT2D eigenvalue weighted by molar-refractivity contribution is 5.96. The van der Waals surface area contributed by atoms with Gasteiger partial charge < -0.3 is 10.2 Å². The molecule has 0 aromatic rings. The molecular weight excluding hydrogens is 156 g/mol. The van der Waals surface area contributed by atoms with Gasteiger partial charge in [-0.25, -0.2) is 0 Å². The molecule has 12 heavy (non-hydrogen) atoms. The first-order valence-corrected chi connectivity index (χ1v) is 3.65. The molecule has 0 bridgehead atoms. The Hall–Kier alpha value is -1.11. The van der Waals surface area contributed by atoms with Crippen molar-refractivity contribution in [3.05, 3.63) is 12.2 Å². The maximum Gasteiger partial charge on any atom is 0.208 e. The molecular formula is C9H12O3. The van der Waals surface area contributed by atoms with Gasteiger partial charge in [-0.2, -0.15) is 0 Å². The molecule has 1 atom stereocenters. The summed E-state index contributed by atoms with van der Waals surface area (Å²) >= 11 is 0. The average molecular weight is 168 g/mol. The van der Waals surface area contributed by atoms with Crippen LogP contribution in [0.4, 0.5) is 0 Å². The fraction of sp³-hybridized carbons (Fsp3) is 0.444. The first-order chi connectivity index (χ1) is 5.70. The summed E-state index contributed by atoms with van der Waals surface area (Å²) in [6, 6.07) is 0. The van der Waals surface area contributed by atoms with Gasteiger partial charge in [-0.1, -0.05) is 12.0 Å². The van der Waals surface area contributed by atoms with E-state index in [0.717, 1.165) is 0 Å². The zero-order valence-corrected chi connectivity index (χ0v) is 6.95. The fourth-order valence-electron chi connectivity index (χ4n) is 0.535. The second-order valence-corrected chi connectivity index (χ2v) is 2.23. The average Bonchev–Trinajstić information content (AvgIpc) is 2.05. The minimum Gasteiger partial charge on any atom is -0.394 e. The molecule has 1 unspecified atom stereocenters. The topological polar surface area (TPSA) is 57.5 Å². The van der Waals surface area contributed by atoms with E-state index in [1.807, 2.05) is 0 Å². The zero-order chi connectivity index (χ0) is 9.40. The fourth-order valence-corrected chi connectivity index (χ4v) is 0.535. The molecule has 0 aliphatic heterocycles. The highest BCUT2D eigenvalue weighted by atomic mass is 16.3. The number of hydrogen-bond donors (Lipinski definition) is 2. The summed E-state index contributed by atoms with van der Waals surface area (Å²) in [6.45, 7) is 1.39. The van der Waals surface area contributed by atoms with E-state index in [2.05, 4.69) is 11.8 Å². The van der Waals surface area contributed by atoms with Crippen LogP contribution in [0.25, 0.3) is 0 Å². The Morgan fingerprint density at radius 1 is 1.67 bits per heavy atom. The van der Waals surface area contributed by atoms with Crippen molar-refractivity contribution in [1.29, 1.82) is 0 Å². The van der Waals surface area contributed by atoms with Crippen molar-refractivity contribution in [3.63, 3.8) is 0 Å². The Balaban J connectivity index is 3.84. The third-order valence-electron chi connectivity index (χ3n) is 1.09. The smallest absolute Gasteiger partial charge is 0.208 e. The van der Waals surface area contributed by atoms with Crippen LogP contribution in [0, 0.1) is 11.8 Å². The minimum atomic E-state index is -0.989. The Labute approximate surface area is 71.7 Å². The van der Waals surface area contributed by atoms with Gasteiger partial charge in [-0.3, -0.25) is 4.79 Å². The Morgan fingerprint density at radius 3 is 2.83 bits per heavy atom. The Morgan fingerprint density at radius 2 is 2.33 bits per heavy atom. The highest BCUT2D eigenvalue weighted by Gasteiger charge is 2.06. The van der Waals surface area contributed by atoms with Crippen molar-refractivity contribution in [3.8, 4) is 11.8 Å². The highest BCUT2D eigenvalue weighted by Crippen LogP contribution is 1.90. The van der Waals surface area contributed by atoms with Gasteiger partial charge in [0.25, 0.3) is 0 Å². The zero-order valence-electron chi connectivity index (χ0n) is 6.95. The first kappa shape index (κ1) is 10.9. The molecule has 2 N–H and O–H groups in total. The van der Waals surface area contributed by atoms with Crippen molar-refractivity contribution in [2.75, 3.05) is 6.61 Å². The van der Waals surface area contributed by atoms with Crippen molar-refractivity contribution >= 4 is 5.78 Å². The molecule has 0 fully saturated rings. The van der Waals surface area contributed by atoms with E-state index >= 15 is 0 Å². The third kappa shape index (κ3) is 5.66. The molecule has 0 saturated carbocycles. The van der Waals surface area contributed by atoms with Gasteiger partial charge in [0, 0.05) is 6.42 Å². The number of Topliss-reactive ketones (excluding diaryl/α,β-unsaturated/α-hetero) is 1. The van der Waals surface area contributed by atoms with Crippen LogP contribution in [-0.2, 0) is 4.79 Å². The molecule has 0 heterocycles. The summed E-state index contributed by atoms with van der Waals surface area (Å²) in [7, 11) is 0. The summed E-state index contributed by atoms with van der Waals surface area (Å²) in [5.41, 5.74) is 0. The number of ketones is 1. The number of rotatable bonds is 3. The molecule has 0 rings (SSSR count). The SMILES string of the molecule is C/C=C\C#CC(=O)CC(O)CO. The lowest BCUT2D eigenvalue weighted by Gasteiger charge is -2.00. The first-order valence-electron chi connectivity index (χ1n) is 3.65. The molecule has 0 aliphatic rings. The molecule has 0 spiro atoms. The molecule has 3 nitrogen and oxygen atoms in total. The maximum absolute atomic E-state index is 10.8. The summed E-state index contributed by atoms with van der Waals surface area (Å²) < 4.78 is 0. The van der Waals surface area contributed by atoms with Gasteiger partial charge in [0.1, 0.15) is 0 Å². The molecule has 0 aromatic heterocycles. The molecule has 0 saturated heterocycles. The van der Waals surface area contributed by atoms with Gasteiger partial charge in [-0.15, -0.1) is 0 Å². The number of carbonyl (C=O) groups is 1. The normalized spacial score (nSPS) is 12.2. The molecule has 3 heteroatoms. The predicted octanol–water partition coefficient (Wildman–Crippen LogP) is -0.122. The largest absolute Gasteiger partial charge is 0.394 e. The van der Waals surface area contributed by atoms with E-state index < -0.39 is 12.7 Å². The van der Waals surface area contributed by atoms with Gasteiger partial charge in [-0.05, 0) is 18.9 Å². The third-order valence-corrected chi connectivity index (χ3v) is 1.09. The summed E-state index contributed by atoms with van der Waals surface area (Å²) in [6.07, 6.45) is 2.16. The quantitative estimate of drug-likeness (QED) is 0.456. The lowest BCUT2D eigenvalue weighted by Crippen LogP contribution is -2.16. The van der Waals surface area contributed by atoms with Crippen molar-refractivity contribution < 1.29 is 15.0 Å². The monoisotopic (exact) mass is 168 g/mol. The van der Waals surface area contributed by atoms with Crippen molar-refractivity contribution in [2.24, 2.45) is 0 Å². The summed E-state index contributed by atoms with van der Waals surface area (Å²) in [4.78, 5) is 10.8. The van der Waals surface area contributed by atoms with Crippen molar-refractivity contribution in [2.45, 2.75) is 19.4 Å². The van der Waals surface area contributed by atoms with Gasteiger partial charge in [0.15, 0.2) is 0 Å². The van der Waals surface area contributed by atoms with E-state index in [0.29, 0.717) is 0 Å². The number of allylic oxidation sites excluding steroid dienone is 2. The van der Waals surface area contributed by atoms with E-state index in [1.165, 1.54) is 0 Å². The summed E-state index contributed by atoms with van der Waals surface area (Å²) in [5.74, 6) is 4.43. The second-order valence-electron chi connectivity index (χ2n) is 2.23. The van der Waals surface area contributed by atoms with Crippen LogP contribution in [0.3, 0.4) is 0 Å². The Bertz CT molecular complexity index is 220. The van der Waals surface area contributed by atoms with Crippen LogP contribution < -0.4 is 0 Å². The van der Waals surface area contributed by atoms with Crippen LogP contribution in [0.1, 0.15) is 13.3 Å². The number of aliphatic hydroxyl groups excluding tert-OH is 2. The molecule has 0 radical (unpaired) electrons. The summed E-state index contributed by atoms with van der Waals surface area (Å²) in [5, 5.41) is 17.2. The number of carbonyl (C=O) groups excluding carboxylic acids is 1. The number of aliphatic hydroxyl groups is 2. The minimum absolute atomic E-state index is 0.110. The Kier molecular flexibility index (Phi) is 5.98. The molecule has 0 aliphatic carbocycles. The van der Waals surface area contributed by atoms with Crippen LogP contribution in [0.2, 0.25) is 0 Å². The van der Waals surface area contributed by atoms with Gasteiger partial charge >= 0.3 is 0 Å². The van der Waals surface area contributed by atoms with E-state index in [1.54, 1.807) is 19.1 Å². The lowest BCUT2D eigenvalue weighted by atomic mass is 10.2.